The summed E-state index contributed by atoms with van der Waals surface area (Å²) < 4.78 is 47.2. The van der Waals surface area contributed by atoms with E-state index in [0.29, 0.717) is 0 Å². The Morgan fingerprint density at radius 1 is 1.10 bits per heavy atom. The monoisotopic (exact) mass is 296 g/mol. The van der Waals surface area contributed by atoms with Gasteiger partial charge in [-0.15, -0.1) is 0 Å². The molecular formula is C15H11F3O3. The number of ether oxygens (including phenoxy) is 2. The molecule has 0 aliphatic carbocycles. The van der Waals surface area contributed by atoms with Crippen molar-refractivity contribution in [2.45, 2.75) is 6.61 Å². The molecule has 0 N–H and O–H groups in total. The van der Waals surface area contributed by atoms with E-state index < -0.39 is 18.2 Å². The average molecular weight is 296 g/mol. The molecule has 0 bridgehead atoms. The molecule has 6 heteroatoms. The lowest BCUT2D eigenvalue weighted by molar-refractivity contribution is -0.0498. The van der Waals surface area contributed by atoms with Crippen molar-refractivity contribution in [2.75, 3.05) is 7.11 Å². The van der Waals surface area contributed by atoms with Gasteiger partial charge in [0.05, 0.1) is 12.7 Å². The Kier molecular flexibility index (Phi) is 4.47. The van der Waals surface area contributed by atoms with Crippen molar-refractivity contribution >= 4 is 5.78 Å². The fraction of sp³-hybridized carbons (Fsp3) is 0.133. The van der Waals surface area contributed by atoms with Gasteiger partial charge in [0.15, 0.2) is 5.78 Å². The van der Waals surface area contributed by atoms with Crippen molar-refractivity contribution in [3.8, 4) is 11.5 Å². The van der Waals surface area contributed by atoms with E-state index in [0.717, 1.165) is 12.1 Å². The highest BCUT2D eigenvalue weighted by molar-refractivity contribution is 6.09. The van der Waals surface area contributed by atoms with Crippen molar-refractivity contribution in [1.29, 1.82) is 0 Å². The van der Waals surface area contributed by atoms with Crippen molar-refractivity contribution in [3.05, 3.63) is 59.4 Å². The normalized spacial score (nSPS) is 10.5. The third-order valence-electron chi connectivity index (χ3n) is 2.74. The topological polar surface area (TPSA) is 35.5 Å². The molecule has 21 heavy (non-hydrogen) atoms. The molecule has 3 nitrogen and oxygen atoms in total. The van der Waals surface area contributed by atoms with Crippen LogP contribution in [0.25, 0.3) is 0 Å². The second-order valence-electron chi connectivity index (χ2n) is 4.08. The van der Waals surface area contributed by atoms with E-state index in [1.807, 2.05) is 0 Å². The van der Waals surface area contributed by atoms with Gasteiger partial charge >= 0.3 is 6.61 Å². The summed E-state index contributed by atoms with van der Waals surface area (Å²) in [6, 6.07) is 8.99. The summed E-state index contributed by atoms with van der Waals surface area (Å²) in [4.78, 5) is 12.2. The van der Waals surface area contributed by atoms with Crippen molar-refractivity contribution in [1.82, 2.24) is 0 Å². The van der Waals surface area contributed by atoms with E-state index in [1.54, 1.807) is 0 Å². The highest BCUT2D eigenvalue weighted by Gasteiger charge is 2.16. The first-order valence-corrected chi connectivity index (χ1v) is 5.94. The Hall–Kier alpha value is -2.50. The molecule has 2 aromatic rings. The standard InChI is InChI=1S/C15H11F3O3/c1-20-10-5-6-12(13(16)8-10)14(19)9-3-2-4-11(7-9)21-15(17)18/h2-8,15H,1H3. The van der Waals surface area contributed by atoms with Crippen LogP contribution in [-0.2, 0) is 0 Å². The maximum atomic E-state index is 13.8. The zero-order chi connectivity index (χ0) is 15.4. The molecule has 0 radical (unpaired) electrons. The molecule has 0 fully saturated rings. The van der Waals surface area contributed by atoms with Gasteiger partial charge in [-0.3, -0.25) is 4.79 Å². The van der Waals surface area contributed by atoms with Crippen LogP contribution in [0.2, 0.25) is 0 Å². The van der Waals surface area contributed by atoms with Crippen LogP contribution >= 0.6 is 0 Å². The quantitative estimate of drug-likeness (QED) is 0.790. The SMILES string of the molecule is COc1ccc(C(=O)c2cccc(OC(F)F)c2)c(F)c1. The molecule has 2 rings (SSSR count). The summed E-state index contributed by atoms with van der Waals surface area (Å²) in [6.07, 6.45) is 0. The van der Waals surface area contributed by atoms with Crippen LogP contribution in [-0.4, -0.2) is 19.5 Å². The second-order valence-corrected chi connectivity index (χ2v) is 4.08. The van der Waals surface area contributed by atoms with Gasteiger partial charge in [-0.2, -0.15) is 8.78 Å². The van der Waals surface area contributed by atoms with Crippen LogP contribution < -0.4 is 9.47 Å². The highest BCUT2D eigenvalue weighted by Crippen LogP contribution is 2.22. The van der Waals surface area contributed by atoms with Gasteiger partial charge in [-0.25, -0.2) is 4.39 Å². The van der Waals surface area contributed by atoms with Gasteiger partial charge in [0.1, 0.15) is 17.3 Å². The summed E-state index contributed by atoms with van der Waals surface area (Å²) >= 11 is 0. The maximum absolute atomic E-state index is 13.8. The molecule has 110 valence electrons. The first kappa shape index (κ1) is 14.9. The maximum Gasteiger partial charge on any atom is 0.387 e. The second kappa shape index (κ2) is 6.30. The number of ketones is 1. The number of benzene rings is 2. The molecular weight excluding hydrogens is 285 g/mol. The number of methoxy groups -OCH3 is 1. The lowest BCUT2D eigenvalue weighted by Crippen LogP contribution is -2.06. The fourth-order valence-electron chi connectivity index (χ4n) is 1.78. The van der Waals surface area contributed by atoms with Crippen LogP contribution in [0.4, 0.5) is 13.2 Å². The van der Waals surface area contributed by atoms with Crippen LogP contribution in [0.5, 0.6) is 11.5 Å². The Bertz CT molecular complexity index is 656. The van der Waals surface area contributed by atoms with Gasteiger partial charge < -0.3 is 9.47 Å². The summed E-state index contributed by atoms with van der Waals surface area (Å²) in [5.74, 6) is -1.27. The first-order chi connectivity index (χ1) is 10.0. The van der Waals surface area contributed by atoms with Crippen molar-refractivity contribution in [3.63, 3.8) is 0 Å². The van der Waals surface area contributed by atoms with Crippen molar-refractivity contribution in [2.24, 2.45) is 0 Å². The molecule has 2 aromatic carbocycles. The van der Waals surface area contributed by atoms with Gasteiger partial charge in [0.25, 0.3) is 0 Å². The van der Waals surface area contributed by atoms with Gasteiger partial charge in [0, 0.05) is 11.6 Å². The Balaban J connectivity index is 2.31. The Morgan fingerprint density at radius 3 is 2.48 bits per heavy atom. The molecule has 0 aromatic heterocycles. The lowest BCUT2D eigenvalue weighted by Gasteiger charge is -2.08. The number of halogens is 3. The minimum atomic E-state index is -2.99. The van der Waals surface area contributed by atoms with Crippen LogP contribution in [0, 0.1) is 5.82 Å². The number of hydrogen-bond donors (Lipinski definition) is 0. The summed E-state index contributed by atoms with van der Waals surface area (Å²) in [6.45, 7) is -2.99. The molecule has 0 atom stereocenters. The van der Waals surface area contributed by atoms with E-state index in [-0.39, 0.29) is 22.6 Å². The zero-order valence-electron chi connectivity index (χ0n) is 11.0. The summed E-state index contributed by atoms with van der Waals surface area (Å²) in [7, 11) is 1.38. The summed E-state index contributed by atoms with van der Waals surface area (Å²) in [5.41, 5.74) is -0.123. The highest BCUT2D eigenvalue weighted by atomic mass is 19.3. The molecule has 0 spiro atoms. The van der Waals surface area contributed by atoms with Gasteiger partial charge in [0.2, 0.25) is 0 Å². The Labute approximate surface area is 118 Å². The molecule has 0 aliphatic heterocycles. The predicted octanol–water partition coefficient (Wildman–Crippen LogP) is 3.67. The zero-order valence-corrected chi connectivity index (χ0v) is 11.0. The average Bonchev–Trinajstić information content (AvgIpc) is 2.46. The third kappa shape index (κ3) is 3.53. The number of rotatable bonds is 5. The minimum Gasteiger partial charge on any atom is -0.497 e. The molecule has 0 saturated heterocycles. The lowest BCUT2D eigenvalue weighted by atomic mass is 10.0. The largest absolute Gasteiger partial charge is 0.497 e. The predicted molar refractivity (Wildman–Crippen MR) is 69.5 cm³/mol. The molecule has 0 saturated carbocycles. The van der Waals surface area contributed by atoms with Crippen LogP contribution in [0.1, 0.15) is 15.9 Å². The number of carbonyl (C=O) groups excluding carboxylic acids is 1. The van der Waals surface area contributed by atoms with Crippen LogP contribution in [0.3, 0.4) is 0 Å². The third-order valence-corrected chi connectivity index (χ3v) is 2.74. The van der Waals surface area contributed by atoms with Gasteiger partial charge in [-0.05, 0) is 24.3 Å². The molecule has 0 aliphatic rings. The molecule has 0 amide bonds. The van der Waals surface area contributed by atoms with E-state index in [9.17, 15) is 18.0 Å². The molecule has 0 unspecified atom stereocenters. The fourth-order valence-corrected chi connectivity index (χ4v) is 1.78. The van der Waals surface area contributed by atoms with Crippen LogP contribution in [0.15, 0.2) is 42.5 Å². The van der Waals surface area contributed by atoms with E-state index in [4.69, 9.17) is 4.74 Å². The van der Waals surface area contributed by atoms with E-state index >= 15 is 0 Å². The van der Waals surface area contributed by atoms with E-state index in [2.05, 4.69) is 4.74 Å². The minimum absolute atomic E-state index is 0.0530. The summed E-state index contributed by atoms with van der Waals surface area (Å²) in [5, 5.41) is 0. The first-order valence-electron chi connectivity index (χ1n) is 5.94. The molecule has 0 heterocycles. The van der Waals surface area contributed by atoms with Crippen molar-refractivity contribution < 1.29 is 27.4 Å². The van der Waals surface area contributed by atoms with Gasteiger partial charge in [-0.1, -0.05) is 12.1 Å². The number of alkyl halides is 2. The smallest absolute Gasteiger partial charge is 0.387 e. The van der Waals surface area contributed by atoms with E-state index in [1.165, 1.54) is 37.4 Å². The number of carbonyl (C=O) groups is 1. The Morgan fingerprint density at radius 2 is 1.86 bits per heavy atom. The number of hydrogen-bond acceptors (Lipinski definition) is 3.